The number of hydrogen-bond donors (Lipinski definition) is 2. The highest BCUT2D eigenvalue weighted by atomic mass is 32.2. The molecule has 0 amide bonds. The molecule has 0 aliphatic carbocycles. The Morgan fingerprint density at radius 2 is 1.94 bits per heavy atom. The molecule has 1 atom stereocenters. The zero-order chi connectivity index (χ0) is 24.5. The van der Waals surface area contributed by atoms with E-state index in [-0.39, 0.29) is 0 Å². The minimum Gasteiger partial charge on any atom is -0.494 e. The summed E-state index contributed by atoms with van der Waals surface area (Å²) in [6, 6.07) is 10.2. The van der Waals surface area contributed by atoms with Crippen LogP contribution in [0, 0.1) is 5.92 Å². The average molecular weight is 498 g/mol. The Balaban J connectivity index is 1.14. The molecule has 7 nitrogen and oxygen atoms in total. The number of ether oxygens (including phenoxy) is 1. The summed E-state index contributed by atoms with van der Waals surface area (Å²) in [6.45, 7) is 7.35. The largest absolute Gasteiger partial charge is 0.494 e. The van der Waals surface area contributed by atoms with E-state index in [0.717, 1.165) is 48.2 Å². The Hall–Kier alpha value is -2.71. The van der Waals surface area contributed by atoms with E-state index >= 15 is 0 Å². The summed E-state index contributed by atoms with van der Waals surface area (Å²) in [6.07, 6.45) is 6.72. The quantitative estimate of drug-likeness (QED) is 0.252. The molecule has 2 N–H and O–H groups in total. The van der Waals surface area contributed by atoms with Crippen molar-refractivity contribution in [3.63, 3.8) is 0 Å². The second-order valence-electron chi connectivity index (χ2n) is 9.28. The molecule has 188 valence electrons. The van der Waals surface area contributed by atoms with Gasteiger partial charge in [0.1, 0.15) is 17.1 Å². The molecule has 2 heterocycles. The third kappa shape index (κ3) is 7.39. The first-order valence-electron chi connectivity index (χ1n) is 12.4. The van der Waals surface area contributed by atoms with E-state index < -0.39 is 10.9 Å². The number of piperidine rings is 1. The molecule has 0 bridgehead atoms. The van der Waals surface area contributed by atoms with E-state index in [1.165, 1.54) is 24.9 Å². The minimum absolute atomic E-state index is 0.396. The van der Waals surface area contributed by atoms with Gasteiger partial charge < -0.3 is 19.8 Å². The molecule has 1 saturated heterocycles. The Labute approximate surface area is 210 Å². The highest BCUT2D eigenvalue weighted by Gasteiger charge is 2.20. The highest BCUT2D eigenvalue weighted by molar-refractivity contribution is 7.98. The van der Waals surface area contributed by atoms with Crippen LogP contribution < -0.4 is 26.2 Å². The van der Waals surface area contributed by atoms with E-state index in [0.29, 0.717) is 31.1 Å². The Morgan fingerprint density at radius 3 is 2.71 bits per heavy atom. The van der Waals surface area contributed by atoms with Crippen LogP contribution in [0.15, 0.2) is 56.9 Å². The van der Waals surface area contributed by atoms with Crippen LogP contribution in [0.2, 0.25) is 0 Å². The van der Waals surface area contributed by atoms with Crippen molar-refractivity contribution in [3.05, 3.63) is 74.4 Å². The van der Waals surface area contributed by atoms with Gasteiger partial charge in [0.2, 0.25) is 0 Å². The number of furan rings is 1. The molecule has 0 spiro atoms. The first kappa shape index (κ1) is 25.4. The summed E-state index contributed by atoms with van der Waals surface area (Å²) in [7, 11) is 0. The monoisotopic (exact) mass is 497 g/mol. The lowest BCUT2D eigenvalue weighted by Crippen LogP contribution is -2.38. The SMILES string of the molecule is CC1CCCN(Cc2cccc(OCCCNc3c(NCCSCc4ccoc4)c(=O)c3=O)c2)C1. The van der Waals surface area contributed by atoms with Crippen molar-refractivity contribution in [2.45, 2.75) is 38.5 Å². The molecule has 2 aromatic carbocycles. The van der Waals surface area contributed by atoms with Gasteiger partial charge in [-0.15, -0.1) is 0 Å². The minimum atomic E-state index is -0.445. The maximum Gasteiger partial charge on any atom is 0.253 e. The molecule has 3 aromatic rings. The number of likely N-dealkylation sites (tertiary alicyclic amines) is 1. The van der Waals surface area contributed by atoms with Crippen LogP contribution in [0.4, 0.5) is 11.4 Å². The van der Waals surface area contributed by atoms with Crippen molar-refractivity contribution in [2.24, 2.45) is 5.92 Å². The summed E-state index contributed by atoms with van der Waals surface area (Å²) in [5.74, 6) is 3.32. The fraction of sp³-hybridized carbons (Fsp3) is 0.481. The predicted octanol–water partition coefficient (Wildman–Crippen LogP) is 4.33. The maximum absolute atomic E-state index is 12.0. The summed E-state index contributed by atoms with van der Waals surface area (Å²) < 4.78 is 11.0. The lowest BCUT2D eigenvalue weighted by molar-refractivity contribution is 0.176. The first-order valence-corrected chi connectivity index (χ1v) is 13.6. The van der Waals surface area contributed by atoms with Gasteiger partial charge in [0.15, 0.2) is 0 Å². The number of anilines is 2. The maximum atomic E-state index is 12.0. The van der Waals surface area contributed by atoms with Crippen molar-refractivity contribution >= 4 is 23.1 Å². The summed E-state index contributed by atoms with van der Waals surface area (Å²) in [5.41, 5.74) is 2.32. The molecular formula is C27H35N3O4S. The normalized spacial score (nSPS) is 16.4. The molecule has 1 unspecified atom stereocenters. The standard InChI is InChI=1S/C27H35N3O4S/c1-20-5-3-11-30(16-20)17-21-6-2-7-23(15-21)34-12-4-9-28-24-25(27(32)26(24)31)29-10-14-35-19-22-8-13-33-18-22/h2,6-8,13,15,18,20,28-29H,3-5,9-12,14,16-17,19H2,1H3. The van der Waals surface area contributed by atoms with Gasteiger partial charge in [0.05, 0.1) is 19.1 Å². The van der Waals surface area contributed by atoms with Gasteiger partial charge in [-0.1, -0.05) is 19.1 Å². The second kappa shape index (κ2) is 12.8. The van der Waals surface area contributed by atoms with Crippen LogP contribution >= 0.6 is 11.8 Å². The van der Waals surface area contributed by atoms with Crippen molar-refractivity contribution < 1.29 is 9.15 Å². The van der Waals surface area contributed by atoms with Gasteiger partial charge in [-0.25, -0.2) is 0 Å². The lowest BCUT2D eigenvalue weighted by atomic mass is 10.00. The molecule has 1 fully saturated rings. The topological polar surface area (TPSA) is 83.8 Å². The van der Waals surface area contributed by atoms with Crippen molar-refractivity contribution in [3.8, 4) is 5.75 Å². The van der Waals surface area contributed by atoms with Crippen LogP contribution in [-0.4, -0.2) is 43.4 Å². The van der Waals surface area contributed by atoms with Crippen LogP contribution in [-0.2, 0) is 12.3 Å². The molecule has 1 aliphatic heterocycles. The summed E-state index contributed by atoms with van der Waals surface area (Å²) in [5, 5.41) is 6.22. The zero-order valence-electron chi connectivity index (χ0n) is 20.4. The number of nitrogens with zero attached hydrogens (tertiary/aromatic N) is 1. The van der Waals surface area contributed by atoms with Crippen LogP contribution in [0.5, 0.6) is 5.75 Å². The van der Waals surface area contributed by atoms with E-state index in [1.807, 2.05) is 18.2 Å². The van der Waals surface area contributed by atoms with Gasteiger partial charge in [-0.05, 0) is 55.5 Å². The van der Waals surface area contributed by atoms with Gasteiger partial charge in [-0.2, -0.15) is 11.8 Å². The van der Waals surface area contributed by atoms with E-state index in [2.05, 4.69) is 34.6 Å². The van der Waals surface area contributed by atoms with Crippen molar-refractivity contribution in [1.82, 2.24) is 4.90 Å². The number of benzene rings is 1. The number of thioether (sulfide) groups is 1. The van der Waals surface area contributed by atoms with Gasteiger partial charge in [0, 0.05) is 43.2 Å². The Kier molecular flexibility index (Phi) is 9.31. The first-order chi connectivity index (χ1) is 17.1. The molecule has 1 aromatic heterocycles. The van der Waals surface area contributed by atoms with Gasteiger partial charge in [-0.3, -0.25) is 14.5 Å². The summed E-state index contributed by atoms with van der Waals surface area (Å²) >= 11 is 1.74. The molecule has 35 heavy (non-hydrogen) atoms. The molecule has 0 radical (unpaired) electrons. The Bertz CT molecular complexity index is 1120. The van der Waals surface area contributed by atoms with Crippen LogP contribution in [0.3, 0.4) is 0 Å². The lowest BCUT2D eigenvalue weighted by Gasteiger charge is -2.30. The van der Waals surface area contributed by atoms with Gasteiger partial charge in [0.25, 0.3) is 10.9 Å². The van der Waals surface area contributed by atoms with Gasteiger partial charge >= 0.3 is 0 Å². The number of nitrogens with one attached hydrogen (secondary N) is 2. The van der Waals surface area contributed by atoms with Crippen molar-refractivity contribution in [2.75, 3.05) is 49.2 Å². The smallest absolute Gasteiger partial charge is 0.253 e. The molecule has 1 aliphatic rings. The fourth-order valence-corrected chi connectivity index (χ4v) is 5.23. The zero-order valence-corrected chi connectivity index (χ0v) is 21.2. The van der Waals surface area contributed by atoms with E-state index in [9.17, 15) is 9.59 Å². The molecule has 0 saturated carbocycles. The fourth-order valence-electron chi connectivity index (χ4n) is 4.44. The highest BCUT2D eigenvalue weighted by Crippen LogP contribution is 2.20. The van der Waals surface area contributed by atoms with Crippen molar-refractivity contribution in [1.29, 1.82) is 0 Å². The summed E-state index contributed by atoms with van der Waals surface area (Å²) in [4.78, 5) is 26.4. The van der Waals surface area contributed by atoms with E-state index in [1.54, 1.807) is 24.3 Å². The molecular weight excluding hydrogens is 462 g/mol. The third-order valence-corrected chi connectivity index (χ3v) is 7.28. The third-order valence-electron chi connectivity index (χ3n) is 6.24. The van der Waals surface area contributed by atoms with Crippen LogP contribution in [0.1, 0.15) is 37.3 Å². The average Bonchev–Trinajstić information content (AvgIpc) is 3.38. The van der Waals surface area contributed by atoms with Crippen LogP contribution in [0.25, 0.3) is 0 Å². The molecule has 4 rings (SSSR count). The second-order valence-corrected chi connectivity index (χ2v) is 10.4. The number of rotatable bonds is 14. The Morgan fingerprint density at radius 1 is 1.11 bits per heavy atom. The predicted molar refractivity (Wildman–Crippen MR) is 143 cm³/mol. The van der Waals surface area contributed by atoms with E-state index in [4.69, 9.17) is 9.15 Å². The molecule has 8 heteroatoms. The number of hydrogen-bond acceptors (Lipinski definition) is 8.